The van der Waals surface area contributed by atoms with Gasteiger partial charge >= 0.3 is 5.97 Å². The van der Waals surface area contributed by atoms with Gasteiger partial charge in [0, 0.05) is 12.7 Å². The molecule has 5 heteroatoms. The number of carbonyl (C=O) groups is 1. The van der Waals surface area contributed by atoms with Crippen LogP contribution in [0.3, 0.4) is 0 Å². The number of nitrogens with one attached hydrogen (secondary N) is 2. The summed E-state index contributed by atoms with van der Waals surface area (Å²) in [5.41, 5.74) is 0.376. The molecule has 0 bridgehead atoms. The molecule has 0 amide bonds. The first-order valence-corrected chi connectivity index (χ1v) is 2.67. The van der Waals surface area contributed by atoms with Crippen LogP contribution < -0.4 is 10.6 Å². The molecule has 0 unspecified atom stereocenters. The Morgan fingerprint density at radius 1 is 1.70 bits per heavy atom. The zero-order valence-corrected chi connectivity index (χ0v) is 5.35. The van der Waals surface area contributed by atoms with Crippen LogP contribution in [0.2, 0.25) is 0 Å². The summed E-state index contributed by atoms with van der Waals surface area (Å²) in [6.07, 6.45) is 1.51. The van der Waals surface area contributed by atoms with Crippen molar-refractivity contribution in [2.45, 2.75) is 0 Å². The van der Waals surface area contributed by atoms with E-state index in [2.05, 4.69) is 10.6 Å². The topological polar surface area (TPSA) is 92.9 Å². The lowest BCUT2D eigenvalue weighted by Crippen LogP contribution is -2.34. The van der Waals surface area contributed by atoms with Crippen molar-refractivity contribution in [3.8, 4) is 0 Å². The predicted molar refractivity (Wildman–Crippen MR) is 35.3 cm³/mol. The number of rotatable bonds is 1. The Balaban J connectivity index is 0.000000810. The van der Waals surface area contributed by atoms with Gasteiger partial charge in [-0.15, -0.1) is 0 Å². The summed E-state index contributed by atoms with van der Waals surface area (Å²) in [7, 11) is 0. The molecule has 0 saturated carbocycles. The van der Waals surface area contributed by atoms with Gasteiger partial charge in [0.25, 0.3) is 0 Å². The van der Waals surface area contributed by atoms with Gasteiger partial charge < -0.3 is 15.9 Å². The summed E-state index contributed by atoms with van der Waals surface area (Å²) < 4.78 is 0. The van der Waals surface area contributed by atoms with Gasteiger partial charge in [0.1, 0.15) is 0 Å². The average Bonchev–Trinajstić information content (AvgIpc) is 1.90. The van der Waals surface area contributed by atoms with Crippen LogP contribution in [0.5, 0.6) is 0 Å². The van der Waals surface area contributed by atoms with E-state index in [0.29, 0.717) is 18.8 Å². The molecule has 1 rings (SSSR count). The fourth-order valence-electron chi connectivity index (χ4n) is 0.632. The van der Waals surface area contributed by atoms with Gasteiger partial charge in [-0.05, 0) is 0 Å². The number of carboxylic acids is 1. The van der Waals surface area contributed by atoms with Crippen molar-refractivity contribution in [2.24, 2.45) is 0 Å². The number of hydrogen-bond acceptors (Lipinski definition) is 3. The highest BCUT2D eigenvalue weighted by Crippen LogP contribution is 1.92. The van der Waals surface area contributed by atoms with Crippen LogP contribution in [-0.2, 0) is 4.79 Å². The molecule has 0 aromatic carbocycles. The van der Waals surface area contributed by atoms with Gasteiger partial charge in [-0.2, -0.15) is 0 Å². The maximum absolute atomic E-state index is 10.2. The minimum atomic E-state index is -0.866. The molecule has 0 aromatic heterocycles. The summed E-state index contributed by atoms with van der Waals surface area (Å²) in [6.45, 7) is 1.10. The molecule has 58 valence electrons. The first-order chi connectivity index (χ1) is 4.30. The van der Waals surface area contributed by atoms with Crippen LogP contribution in [0.1, 0.15) is 0 Å². The summed E-state index contributed by atoms with van der Waals surface area (Å²) in [6, 6.07) is 0. The van der Waals surface area contributed by atoms with Crippen molar-refractivity contribution in [1.29, 1.82) is 0 Å². The second-order valence-corrected chi connectivity index (χ2v) is 1.78. The van der Waals surface area contributed by atoms with Gasteiger partial charge in [-0.1, -0.05) is 0 Å². The lowest BCUT2D eigenvalue weighted by atomic mass is 10.3. The molecular weight excluding hydrogens is 136 g/mol. The van der Waals surface area contributed by atoms with E-state index >= 15 is 0 Å². The van der Waals surface area contributed by atoms with Crippen LogP contribution in [-0.4, -0.2) is 29.8 Å². The van der Waals surface area contributed by atoms with Gasteiger partial charge in [-0.25, -0.2) is 4.79 Å². The highest BCUT2D eigenvalue weighted by atomic mass is 16.4. The van der Waals surface area contributed by atoms with E-state index in [1.165, 1.54) is 6.20 Å². The number of hydrogen-bond donors (Lipinski definition) is 3. The molecular formula is C5H10N2O3. The van der Waals surface area contributed by atoms with Crippen LogP contribution in [0.15, 0.2) is 11.8 Å². The summed E-state index contributed by atoms with van der Waals surface area (Å²) in [5.74, 6) is -0.866. The van der Waals surface area contributed by atoms with E-state index in [9.17, 15) is 4.79 Å². The van der Waals surface area contributed by atoms with E-state index in [1.807, 2.05) is 0 Å². The van der Waals surface area contributed by atoms with Gasteiger partial charge in [-0.3, -0.25) is 5.32 Å². The maximum atomic E-state index is 10.2. The normalized spacial score (nSPS) is 16.2. The van der Waals surface area contributed by atoms with E-state index in [4.69, 9.17) is 5.11 Å². The fraction of sp³-hybridized carbons (Fsp3) is 0.400. The summed E-state index contributed by atoms with van der Waals surface area (Å²) in [5, 5.41) is 14.0. The molecule has 1 aliphatic rings. The molecule has 0 saturated heterocycles. The van der Waals surface area contributed by atoms with Crippen molar-refractivity contribution < 1.29 is 15.4 Å². The summed E-state index contributed by atoms with van der Waals surface area (Å²) in [4.78, 5) is 10.2. The quantitative estimate of drug-likeness (QED) is 0.410. The van der Waals surface area contributed by atoms with Gasteiger partial charge in [0.15, 0.2) is 0 Å². The largest absolute Gasteiger partial charge is 0.478 e. The van der Waals surface area contributed by atoms with Crippen LogP contribution >= 0.6 is 0 Å². The Morgan fingerprint density at radius 3 is 2.70 bits per heavy atom. The molecule has 1 aliphatic heterocycles. The van der Waals surface area contributed by atoms with E-state index < -0.39 is 5.97 Å². The van der Waals surface area contributed by atoms with Crippen LogP contribution in [0, 0.1) is 0 Å². The zero-order chi connectivity index (χ0) is 6.69. The predicted octanol–water partition coefficient (Wildman–Crippen LogP) is -1.72. The minimum absolute atomic E-state index is 0. The highest BCUT2D eigenvalue weighted by molar-refractivity contribution is 5.87. The van der Waals surface area contributed by atoms with Crippen molar-refractivity contribution in [3.05, 3.63) is 11.8 Å². The Morgan fingerprint density at radius 2 is 2.40 bits per heavy atom. The first kappa shape index (κ1) is 8.93. The third-order valence-corrected chi connectivity index (χ3v) is 1.09. The molecule has 0 radical (unpaired) electrons. The third kappa shape index (κ3) is 2.04. The summed E-state index contributed by atoms with van der Waals surface area (Å²) >= 11 is 0. The first-order valence-electron chi connectivity index (χ1n) is 2.67. The molecule has 0 atom stereocenters. The van der Waals surface area contributed by atoms with Crippen molar-refractivity contribution in [2.75, 3.05) is 13.2 Å². The average molecular weight is 146 g/mol. The third-order valence-electron chi connectivity index (χ3n) is 1.09. The van der Waals surface area contributed by atoms with Crippen molar-refractivity contribution in [1.82, 2.24) is 10.6 Å². The standard InChI is InChI=1S/C5H8N2O2.H2O/c8-5(9)4-1-6-3-7-2-4;/h1,6-7H,2-3H2,(H,8,9);1H2. The van der Waals surface area contributed by atoms with Crippen LogP contribution in [0.25, 0.3) is 0 Å². The molecule has 0 aromatic rings. The van der Waals surface area contributed by atoms with Crippen molar-refractivity contribution in [3.63, 3.8) is 0 Å². The molecule has 1 heterocycles. The lowest BCUT2D eigenvalue weighted by molar-refractivity contribution is -0.132. The molecule has 10 heavy (non-hydrogen) atoms. The van der Waals surface area contributed by atoms with E-state index in [-0.39, 0.29) is 5.48 Å². The van der Waals surface area contributed by atoms with Crippen molar-refractivity contribution >= 4 is 5.97 Å². The Labute approximate surface area is 58.0 Å². The molecule has 5 N–H and O–H groups in total. The SMILES string of the molecule is O.O=C(O)C1=CNCNC1. The Kier molecular flexibility index (Phi) is 3.45. The molecule has 5 nitrogen and oxygen atoms in total. The fourth-order valence-corrected chi connectivity index (χ4v) is 0.632. The monoisotopic (exact) mass is 146 g/mol. The minimum Gasteiger partial charge on any atom is -0.478 e. The zero-order valence-electron chi connectivity index (χ0n) is 5.35. The van der Waals surface area contributed by atoms with E-state index in [1.54, 1.807) is 0 Å². The number of carboxylic acid groups (broad SMARTS) is 1. The number of aliphatic carboxylic acids is 1. The maximum Gasteiger partial charge on any atom is 0.334 e. The van der Waals surface area contributed by atoms with Crippen LogP contribution in [0.4, 0.5) is 0 Å². The highest BCUT2D eigenvalue weighted by Gasteiger charge is 2.08. The smallest absolute Gasteiger partial charge is 0.334 e. The molecule has 0 aliphatic carbocycles. The van der Waals surface area contributed by atoms with E-state index in [0.717, 1.165) is 0 Å². The second-order valence-electron chi connectivity index (χ2n) is 1.78. The molecule has 0 fully saturated rings. The lowest BCUT2D eigenvalue weighted by Gasteiger charge is -2.11. The molecule has 0 spiro atoms. The Bertz CT molecular complexity index is 155. The Hall–Kier alpha value is -1.07. The van der Waals surface area contributed by atoms with Gasteiger partial charge in [0.05, 0.1) is 12.2 Å². The second kappa shape index (κ2) is 3.86. The van der Waals surface area contributed by atoms with Gasteiger partial charge in [0.2, 0.25) is 0 Å².